The van der Waals surface area contributed by atoms with Crippen LogP contribution in [0.15, 0.2) is 18.2 Å². The number of hydrogen-bond donors (Lipinski definition) is 1. The average Bonchev–Trinajstić information content (AvgIpc) is 2.83. The number of hydrogen-bond acceptors (Lipinski definition) is 1. The van der Waals surface area contributed by atoms with E-state index in [4.69, 9.17) is 0 Å². The lowest BCUT2D eigenvalue weighted by molar-refractivity contribution is 0.424. The van der Waals surface area contributed by atoms with Gasteiger partial charge in [0, 0.05) is 0 Å². The molecule has 1 aromatic rings. The van der Waals surface area contributed by atoms with E-state index in [1.165, 1.54) is 18.9 Å². The SMILES string of the molecule is Oc1c(F)cccc1CC1CC1. The van der Waals surface area contributed by atoms with Crippen LogP contribution in [0.4, 0.5) is 4.39 Å². The molecule has 12 heavy (non-hydrogen) atoms. The van der Waals surface area contributed by atoms with Crippen molar-refractivity contribution in [2.45, 2.75) is 19.3 Å². The summed E-state index contributed by atoms with van der Waals surface area (Å²) in [4.78, 5) is 0. The van der Waals surface area contributed by atoms with Gasteiger partial charge in [0.1, 0.15) is 0 Å². The van der Waals surface area contributed by atoms with Gasteiger partial charge in [0.05, 0.1) is 0 Å². The number of phenolic OH excluding ortho intramolecular Hbond substituents is 1. The normalized spacial score (nSPS) is 16.4. The fourth-order valence-corrected chi connectivity index (χ4v) is 1.36. The molecular weight excluding hydrogens is 155 g/mol. The molecule has 64 valence electrons. The van der Waals surface area contributed by atoms with Crippen molar-refractivity contribution in [3.63, 3.8) is 0 Å². The van der Waals surface area contributed by atoms with Crippen LogP contribution in [0.25, 0.3) is 0 Å². The number of phenols is 1. The molecule has 0 saturated heterocycles. The van der Waals surface area contributed by atoms with Gasteiger partial charge in [-0.25, -0.2) is 4.39 Å². The molecule has 1 aliphatic carbocycles. The predicted molar refractivity (Wildman–Crippen MR) is 44.5 cm³/mol. The minimum Gasteiger partial charge on any atom is -0.505 e. The third-order valence-electron chi connectivity index (χ3n) is 2.28. The predicted octanol–water partition coefficient (Wildman–Crippen LogP) is 2.48. The van der Waals surface area contributed by atoms with Crippen molar-refractivity contribution >= 4 is 0 Å². The maximum atomic E-state index is 12.8. The summed E-state index contributed by atoms with van der Waals surface area (Å²) in [5.41, 5.74) is 0.748. The van der Waals surface area contributed by atoms with Gasteiger partial charge in [-0.2, -0.15) is 0 Å². The minimum atomic E-state index is -0.506. The highest BCUT2D eigenvalue weighted by molar-refractivity contribution is 5.34. The van der Waals surface area contributed by atoms with Crippen LogP contribution in [0, 0.1) is 11.7 Å². The maximum absolute atomic E-state index is 12.8. The first-order chi connectivity index (χ1) is 5.77. The fraction of sp³-hybridized carbons (Fsp3) is 0.400. The Hall–Kier alpha value is -1.05. The molecule has 0 radical (unpaired) electrons. The molecule has 1 aromatic carbocycles. The van der Waals surface area contributed by atoms with Gasteiger partial charge in [-0.05, 0) is 36.8 Å². The molecule has 1 fully saturated rings. The van der Waals surface area contributed by atoms with Crippen LogP contribution in [0.3, 0.4) is 0 Å². The third-order valence-corrected chi connectivity index (χ3v) is 2.28. The standard InChI is InChI=1S/C10H11FO/c11-9-3-1-2-8(10(9)12)6-7-4-5-7/h1-3,7,12H,4-6H2. The van der Waals surface area contributed by atoms with E-state index in [1.807, 2.05) is 0 Å². The van der Waals surface area contributed by atoms with Gasteiger partial charge >= 0.3 is 0 Å². The Morgan fingerprint density at radius 1 is 1.42 bits per heavy atom. The van der Waals surface area contributed by atoms with Crippen LogP contribution in [-0.4, -0.2) is 5.11 Å². The summed E-state index contributed by atoms with van der Waals surface area (Å²) in [6, 6.07) is 4.72. The van der Waals surface area contributed by atoms with Crippen molar-refractivity contribution in [3.05, 3.63) is 29.6 Å². The van der Waals surface area contributed by atoms with Crippen LogP contribution in [0.5, 0.6) is 5.75 Å². The molecule has 0 spiro atoms. The maximum Gasteiger partial charge on any atom is 0.165 e. The quantitative estimate of drug-likeness (QED) is 0.715. The van der Waals surface area contributed by atoms with Gasteiger partial charge in [0.25, 0.3) is 0 Å². The molecule has 0 aromatic heterocycles. The number of aromatic hydroxyl groups is 1. The van der Waals surface area contributed by atoms with E-state index in [1.54, 1.807) is 12.1 Å². The van der Waals surface area contributed by atoms with Crippen molar-refractivity contribution < 1.29 is 9.50 Å². The molecule has 0 bridgehead atoms. The molecule has 2 heteroatoms. The van der Waals surface area contributed by atoms with Crippen molar-refractivity contribution in [2.24, 2.45) is 5.92 Å². The highest BCUT2D eigenvalue weighted by atomic mass is 19.1. The molecule has 0 heterocycles. The van der Waals surface area contributed by atoms with E-state index < -0.39 is 5.82 Å². The summed E-state index contributed by atoms with van der Waals surface area (Å²) in [5.74, 6) is 0.00949. The Labute approximate surface area is 70.8 Å². The second-order valence-corrected chi connectivity index (χ2v) is 3.40. The highest BCUT2D eigenvalue weighted by Crippen LogP contribution is 2.35. The smallest absolute Gasteiger partial charge is 0.165 e. The van der Waals surface area contributed by atoms with E-state index in [9.17, 15) is 9.50 Å². The molecule has 1 saturated carbocycles. The zero-order chi connectivity index (χ0) is 8.55. The van der Waals surface area contributed by atoms with Crippen molar-refractivity contribution in [3.8, 4) is 5.75 Å². The lowest BCUT2D eigenvalue weighted by atomic mass is 10.1. The summed E-state index contributed by atoms with van der Waals surface area (Å²) >= 11 is 0. The Morgan fingerprint density at radius 3 is 2.83 bits per heavy atom. The van der Waals surface area contributed by atoms with E-state index in [-0.39, 0.29) is 5.75 Å². The minimum absolute atomic E-state index is 0.163. The molecule has 0 aliphatic heterocycles. The van der Waals surface area contributed by atoms with Crippen molar-refractivity contribution in [2.75, 3.05) is 0 Å². The summed E-state index contributed by atoms with van der Waals surface area (Å²) in [6.07, 6.45) is 3.26. The number of rotatable bonds is 2. The molecule has 2 rings (SSSR count). The van der Waals surface area contributed by atoms with Crippen molar-refractivity contribution in [1.82, 2.24) is 0 Å². The topological polar surface area (TPSA) is 20.2 Å². The van der Waals surface area contributed by atoms with E-state index >= 15 is 0 Å². The van der Waals surface area contributed by atoms with Crippen LogP contribution in [0.2, 0.25) is 0 Å². The first-order valence-electron chi connectivity index (χ1n) is 4.23. The zero-order valence-corrected chi connectivity index (χ0v) is 6.76. The zero-order valence-electron chi connectivity index (χ0n) is 6.76. The second-order valence-electron chi connectivity index (χ2n) is 3.40. The van der Waals surface area contributed by atoms with Gasteiger partial charge < -0.3 is 5.11 Å². The van der Waals surface area contributed by atoms with Crippen LogP contribution >= 0.6 is 0 Å². The molecular formula is C10H11FO. The molecule has 0 unspecified atom stereocenters. The second kappa shape index (κ2) is 2.77. The first kappa shape index (κ1) is 7.59. The molecule has 0 atom stereocenters. The number of benzene rings is 1. The molecule has 0 amide bonds. The first-order valence-corrected chi connectivity index (χ1v) is 4.23. The lowest BCUT2D eigenvalue weighted by Gasteiger charge is -2.02. The Balaban J connectivity index is 2.23. The van der Waals surface area contributed by atoms with Crippen molar-refractivity contribution in [1.29, 1.82) is 0 Å². The van der Waals surface area contributed by atoms with E-state index in [2.05, 4.69) is 0 Å². The Morgan fingerprint density at radius 2 is 2.17 bits per heavy atom. The van der Waals surface area contributed by atoms with Gasteiger partial charge in [-0.3, -0.25) is 0 Å². The van der Waals surface area contributed by atoms with Gasteiger partial charge in [-0.15, -0.1) is 0 Å². The third kappa shape index (κ3) is 1.42. The number of para-hydroxylation sites is 1. The van der Waals surface area contributed by atoms with Gasteiger partial charge in [0.2, 0.25) is 0 Å². The van der Waals surface area contributed by atoms with Crippen LogP contribution in [0.1, 0.15) is 18.4 Å². The molecule has 1 aliphatic rings. The average molecular weight is 166 g/mol. The van der Waals surface area contributed by atoms with E-state index in [0.29, 0.717) is 5.92 Å². The van der Waals surface area contributed by atoms with Gasteiger partial charge in [-0.1, -0.05) is 12.1 Å². The van der Waals surface area contributed by atoms with Crippen LogP contribution in [-0.2, 0) is 6.42 Å². The summed E-state index contributed by atoms with van der Waals surface area (Å²) in [5, 5.41) is 9.30. The summed E-state index contributed by atoms with van der Waals surface area (Å²) < 4.78 is 12.8. The van der Waals surface area contributed by atoms with E-state index in [0.717, 1.165) is 12.0 Å². The number of halogens is 1. The monoisotopic (exact) mass is 166 g/mol. The van der Waals surface area contributed by atoms with Gasteiger partial charge in [0.15, 0.2) is 11.6 Å². The molecule has 1 nitrogen and oxygen atoms in total. The molecule has 1 N–H and O–H groups in total. The lowest BCUT2D eigenvalue weighted by Crippen LogP contribution is -1.89. The van der Waals surface area contributed by atoms with Crippen LogP contribution < -0.4 is 0 Å². The fourth-order valence-electron chi connectivity index (χ4n) is 1.36. The Bertz CT molecular complexity index is 292. The summed E-state index contributed by atoms with van der Waals surface area (Å²) in [6.45, 7) is 0. The highest BCUT2D eigenvalue weighted by Gasteiger charge is 2.23. The largest absolute Gasteiger partial charge is 0.505 e. The summed E-state index contributed by atoms with van der Waals surface area (Å²) in [7, 11) is 0. The Kier molecular flexibility index (Phi) is 1.75.